The average molecular weight is 1520 g/mol. The van der Waals surface area contributed by atoms with Gasteiger partial charge in [0.25, 0.3) is 0 Å². The average Bonchev–Trinajstić information content (AvgIpc) is 1.57. The van der Waals surface area contributed by atoms with E-state index >= 15 is 0 Å². The van der Waals surface area contributed by atoms with Gasteiger partial charge in [0.1, 0.15) is 44.8 Å². The van der Waals surface area contributed by atoms with Crippen LogP contribution in [0.1, 0.15) is 338 Å². The summed E-state index contributed by atoms with van der Waals surface area (Å²) < 4.78 is 36.1. The Balaban J connectivity index is 0.990. The van der Waals surface area contributed by atoms with E-state index in [4.69, 9.17) is 27.0 Å². The topological polar surface area (TPSA) is 70.0 Å². The summed E-state index contributed by atoms with van der Waals surface area (Å²) in [5, 5.41) is 0. The summed E-state index contributed by atoms with van der Waals surface area (Å²) in [6, 6.07) is 19.2. The highest BCUT2D eigenvalue weighted by atomic mass is 32.1. The van der Waals surface area contributed by atoms with Gasteiger partial charge < -0.3 is 9.47 Å². The summed E-state index contributed by atoms with van der Waals surface area (Å²) in [4.78, 5) is 10.4. The molecule has 0 saturated carbocycles. The Bertz CT molecular complexity index is 3810. The van der Waals surface area contributed by atoms with Crippen molar-refractivity contribution in [2.45, 2.75) is 341 Å². The minimum Gasteiger partial charge on any atom is -0.481 e. The quantitative estimate of drug-likeness (QED) is 0.0379. The van der Waals surface area contributed by atoms with E-state index in [0.29, 0.717) is 23.7 Å². The van der Waals surface area contributed by atoms with E-state index in [9.17, 15) is 0 Å². The molecular formula is C92H138N4O2S6. The van der Waals surface area contributed by atoms with Crippen molar-refractivity contribution in [1.82, 2.24) is 17.5 Å². The van der Waals surface area contributed by atoms with Crippen LogP contribution in [0.4, 0.5) is 0 Å². The zero-order valence-corrected chi connectivity index (χ0v) is 73.1. The van der Waals surface area contributed by atoms with E-state index in [0.717, 1.165) is 125 Å². The molecule has 0 bridgehead atoms. The van der Waals surface area contributed by atoms with Gasteiger partial charge >= 0.3 is 0 Å². The molecule has 0 amide bonds. The highest BCUT2D eigenvalue weighted by Crippen LogP contribution is 2.61. The lowest BCUT2D eigenvalue weighted by atomic mass is 9.78. The van der Waals surface area contributed by atoms with Crippen LogP contribution < -0.4 is 9.47 Å². The van der Waals surface area contributed by atoms with Gasteiger partial charge in [0.15, 0.2) is 0 Å². The van der Waals surface area contributed by atoms with Crippen molar-refractivity contribution in [3.63, 3.8) is 0 Å². The summed E-state index contributed by atoms with van der Waals surface area (Å²) in [6.07, 6.45) is 40.6. The predicted molar refractivity (Wildman–Crippen MR) is 462 cm³/mol. The van der Waals surface area contributed by atoms with Crippen molar-refractivity contribution in [3.05, 3.63) is 70.1 Å². The van der Waals surface area contributed by atoms with Gasteiger partial charge in [-0.3, -0.25) is 0 Å². The molecule has 8 aromatic rings. The Labute approximate surface area is 657 Å². The van der Waals surface area contributed by atoms with Crippen LogP contribution in [0.3, 0.4) is 0 Å². The summed E-state index contributed by atoms with van der Waals surface area (Å²) in [5.41, 5.74) is 10.6. The number of rotatable bonds is 47. The van der Waals surface area contributed by atoms with Crippen LogP contribution >= 0.6 is 68.8 Å². The smallest absolute Gasteiger partial charge is 0.140 e. The van der Waals surface area contributed by atoms with Crippen LogP contribution in [0.25, 0.3) is 72.9 Å². The first kappa shape index (κ1) is 83.0. The van der Waals surface area contributed by atoms with Crippen LogP contribution in [0, 0.1) is 84.9 Å². The molecule has 0 radical (unpaired) electrons. The molecule has 574 valence electrons. The van der Waals surface area contributed by atoms with Crippen molar-refractivity contribution >= 4 is 90.9 Å². The third-order valence-electron chi connectivity index (χ3n) is 24.5. The van der Waals surface area contributed by atoms with Crippen LogP contribution in [0.15, 0.2) is 48.5 Å². The lowest BCUT2D eigenvalue weighted by Gasteiger charge is -2.39. The maximum Gasteiger partial charge on any atom is 0.140 e. The third-order valence-corrected chi connectivity index (χ3v) is 30.4. The van der Waals surface area contributed by atoms with Gasteiger partial charge in [-0.05, 0) is 166 Å². The molecule has 8 atom stereocenters. The van der Waals surface area contributed by atoms with E-state index in [-0.39, 0.29) is 0 Å². The number of hydrogen-bond acceptors (Lipinski definition) is 12. The van der Waals surface area contributed by atoms with Crippen LogP contribution in [0.5, 0.6) is 11.5 Å². The largest absolute Gasteiger partial charge is 0.481 e. The van der Waals surface area contributed by atoms with Crippen molar-refractivity contribution < 1.29 is 9.47 Å². The van der Waals surface area contributed by atoms with Gasteiger partial charge in [0.2, 0.25) is 0 Å². The van der Waals surface area contributed by atoms with Crippen LogP contribution in [-0.4, -0.2) is 17.5 Å². The number of hydrogen-bond donors (Lipinski definition) is 0. The van der Waals surface area contributed by atoms with Crippen molar-refractivity contribution in [3.8, 4) is 62.3 Å². The molecule has 104 heavy (non-hydrogen) atoms. The molecule has 0 N–H and O–H groups in total. The summed E-state index contributed by atoms with van der Waals surface area (Å²) in [5.74, 6) is 10.9. The first-order chi connectivity index (χ1) is 49.9. The first-order valence-corrected chi connectivity index (χ1v) is 47.0. The standard InChI is InChI=1S/C92H138N4O2S6/c1-59(2)27-19-31-63(9)35-23-39-67(13)47-51-91(52-48-68(14)40-24-36-64(10)32-20-28-60(3)4)76-56-80(100-87(76)89-78(97-91)55-72(18)99-89)74-45-46-75(86-85(74)95-104-96-86)81-57-77-88(101-81)90-79(58-82(102-90)73-44-43-71(17)83-84(73)94-103-93-83)98-92(77,53-49-69(15)41-25-37-65(11)33-21-29-61(5)6)54-50-70(16)42-26-38-66(12)34-22-30-62(7)8/h43-46,55-70H,19-42,47-54H2,1-18H3. The zero-order chi connectivity index (χ0) is 74.2. The molecule has 6 aromatic heterocycles. The van der Waals surface area contributed by atoms with Gasteiger partial charge in [-0.1, -0.05) is 289 Å². The van der Waals surface area contributed by atoms with E-state index in [1.165, 1.54) is 257 Å². The summed E-state index contributed by atoms with van der Waals surface area (Å²) in [6.45, 7) is 43.5. The number of aromatic nitrogens is 4. The molecule has 6 nitrogen and oxygen atoms in total. The molecule has 0 aliphatic carbocycles. The monoisotopic (exact) mass is 1520 g/mol. The molecule has 12 heteroatoms. The van der Waals surface area contributed by atoms with Crippen molar-refractivity contribution in [2.75, 3.05) is 0 Å². The fourth-order valence-corrected chi connectivity index (χ4v) is 23.4. The molecule has 0 spiro atoms. The normalized spacial score (nSPS) is 18.2. The second-order valence-electron chi connectivity index (χ2n) is 36.3. The second-order valence-corrected chi connectivity index (χ2v) is 41.8. The molecule has 8 unspecified atom stereocenters. The second kappa shape index (κ2) is 39.4. The predicted octanol–water partition coefficient (Wildman–Crippen LogP) is 32.3. The minimum absolute atomic E-state index is 0.402. The lowest BCUT2D eigenvalue weighted by Crippen LogP contribution is -2.36. The first-order valence-electron chi connectivity index (χ1n) is 42.3. The van der Waals surface area contributed by atoms with Gasteiger partial charge in [-0.15, -0.1) is 45.3 Å². The fraction of sp³-hybridized carbons (Fsp3) is 0.696. The van der Waals surface area contributed by atoms with Crippen molar-refractivity contribution in [2.24, 2.45) is 71.0 Å². The Morgan fingerprint density at radius 2 is 0.567 bits per heavy atom. The highest BCUT2D eigenvalue weighted by Gasteiger charge is 2.46. The number of ether oxygens (including phenoxy) is 2. The van der Waals surface area contributed by atoms with Gasteiger partial charge in [0, 0.05) is 47.3 Å². The van der Waals surface area contributed by atoms with E-state index in [2.05, 4.69) is 173 Å². The molecular weight excluding hydrogens is 1390 g/mol. The van der Waals surface area contributed by atoms with E-state index in [1.807, 2.05) is 45.3 Å². The Morgan fingerprint density at radius 3 is 0.913 bits per heavy atom. The van der Waals surface area contributed by atoms with E-state index in [1.54, 1.807) is 0 Å². The lowest BCUT2D eigenvalue weighted by molar-refractivity contribution is 0.0322. The zero-order valence-electron chi connectivity index (χ0n) is 68.2. The number of thiophene rings is 4. The summed E-state index contributed by atoms with van der Waals surface area (Å²) >= 11 is 10.4. The van der Waals surface area contributed by atoms with Gasteiger partial charge in [0.05, 0.1) is 43.0 Å². The third kappa shape index (κ3) is 22.4. The molecule has 10 rings (SSSR count). The molecule has 0 saturated heterocycles. The number of fused-ring (bicyclic) bond motifs is 8. The van der Waals surface area contributed by atoms with E-state index < -0.39 is 11.2 Å². The molecule has 2 aliphatic rings. The fourth-order valence-electron chi connectivity index (χ4n) is 17.3. The minimum atomic E-state index is -0.480. The number of nitrogens with zero attached hydrogens (tertiary/aromatic N) is 4. The molecule has 0 fully saturated rings. The maximum absolute atomic E-state index is 7.96. The Kier molecular flexibility index (Phi) is 31.4. The molecule has 8 heterocycles. The van der Waals surface area contributed by atoms with Crippen LogP contribution in [-0.2, 0) is 11.2 Å². The number of aryl methyl sites for hydroxylation is 2. The molecule has 2 aliphatic heterocycles. The van der Waals surface area contributed by atoms with Crippen molar-refractivity contribution in [1.29, 1.82) is 0 Å². The Morgan fingerprint density at radius 1 is 0.298 bits per heavy atom. The highest BCUT2D eigenvalue weighted by molar-refractivity contribution is 7.26. The van der Waals surface area contributed by atoms with Crippen LogP contribution in [0.2, 0.25) is 0 Å². The van der Waals surface area contributed by atoms with Gasteiger partial charge in [-0.2, -0.15) is 17.5 Å². The number of benzene rings is 2. The molecule has 2 aromatic carbocycles. The van der Waals surface area contributed by atoms with Gasteiger partial charge in [-0.25, -0.2) is 0 Å². The SMILES string of the molecule is Cc1cc2c(s1)-c1sc(-c3ccc(-c4cc5c(s4)-c4sc(-c6ccc(C)c7nsnc67)cc4OC5(CCC(C)CCCC(C)CCCC(C)C)CCC(C)CCCC(C)CCCC(C)C)c4nsnc34)cc1C(CCC(C)CCCC(C)CCCC(C)C)(CCC(C)CCCC(C)CCCC(C)C)O2. The Hall–Kier alpha value is -3.52. The maximum atomic E-state index is 7.96. The summed E-state index contributed by atoms with van der Waals surface area (Å²) in [7, 11) is 0.